The van der Waals surface area contributed by atoms with Crippen LogP contribution in [0.1, 0.15) is 11.9 Å². The van der Waals surface area contributed by atoms with Gasteiger partial charge in [0.1, 0.15) is 13.0 Å². The van der Waals surface area contributed by atoms with Crippen molar-refractivity contribution in [1.82, 2.24) is 20.1 Å². The lowest BCUT2D eigenvalue weighted by atomic mass is 10.2. The standard InChI is InChI=1S/C6H9FN4/c7-3-5-6-10-9-4-11(6)2-1-8-5/h4-5,8H,1-3H2. The predicted octanol–water partition coefficient (Wildman–Crippen LogP) is -0.108. The molecule has 11 heavy (non-hydrogen) atoms. The van der Waals surface area contributed by atoms with Gasteiger partial charge in [-0.05, 0) is 0 Å². The highest BCUT2D eigenvalue weighted by atomic mass is 19.1. The number of hydrogen-bond acceptors (Lipinski definition) is 3. The summed E-state index contributed by atoms with van der Waals surface area (Å²) in [6, 6.07) is -0.258. The van der Waals surface area contributed by atoms with Crippen molar-refractivity contribution in [2.45, 2.75) is 12.6 Å². The Morgan fingerprint density at radius 1 is 1.82 bits per heavy atom. The fourth-order valence-electron chi connectivity index (χ4n) is 1.28. The number of nitrogens with zero attached hydrogens (tertiary/aromatic N) is 3. The largest absolute Gasteiger partial charge is 0.315 e. The quantitative estimate of drug-likeness (QED) is 0.617. The number of fused-ring (bicyclic) bond motifs is 1. The first-order chi connectivity index (χ1) is 5.42. The molecule has 0 radical (unpaired) electrons. The van der Waals surface area contributed by atoms with Crippen molar-refractivity contribution in [2.24, 2.45) is 0 Å². The highest BCUT2D eigenvalue weighted by Gasteiger charge is 2.20. The minimum absolute atomic E-state index is 0.258. The molecule has 0 spiro atoms. The van der Waals surface area contributed by atoms with E-state index in [1.165, 1.54) is 0 Å². The molecule has 2 rings (SSSR count). The van der Waals surface area contributed by atoms with E-state index in [0.717, 1.165) is 13.1 Å². The fourth-order valence-corrected chi connectivity index (χ4v) is 1.28. The molecular weight excluding hydrogens is 147 g/mol. The molecule has 1 atom stereocenters. The molecular formula is C6H9FN4. The summed E-state index contributed by atoms with van der Waals surface area (Å²) < 4.78 is 14.2. The highest BCUT2D eigenvalue weighted by Crippen LogP contribution is 2.13. The van der Waals surface area contributed by atoms with E-state index in [-0.39, 0.29) is 6.04 Å². The van der Waals surface area contributed by atoms with Crippen LogP contribution in [0.2, 0.25) is 0 Å². The molecule has 1 N–H and O–H groups in total. The number of aromatic nitrogens is 3. The molecule has 0 bridgehead atoms. The van der Waals surface area contributed by atoms with Crippen LogP contribution in [0.15, 0.2) is 6.33 Å². The number of nitrogens with one attached hydrogen (secondary N) is 1. The molecule has 2 heterocycles. The van der Waals surface area contributed by atoms with Gasteiger partial charge in [0.2, 0.25) is 0 Å². The van der Waals surface area contributed by atoms with Gasteiger partial charge in [-0.3, -0.25) is 0 Å². The molecule has 1 unspecified atom stereocenters. The Labute approximate surface area is 63.4 Å². The van der Waals surface area contributed by atoms with Gasteiger partial charge in [0.05, 0.1) is 6.04 Å². The first-order valence-corrected chi connectivity index (χ1v) is 3.59. The fraction of sp³-hybridized carbons (Fsp3) is 0.667. The molecule has 0 aliphatic carbocycles. The Morgan fingerprint density at radius 3 is 3.55 bits per heavy atom. The summed E-state index contributed by atoms with van der Waals surface area (Å²) in [6.07, 6.45) is 1.64. The summed E-state index contributed by atoms with van der Waals surface area (Å²) in [5, 5.41) is 10.5. The summed E-state index contributed by atoms with van der Waals surface area (Å²) in [5.74, 6) is 0.707. The number of halogens is 1. The van der Waals surface area contributed by atoms with Gasteiger partial charge in [-0.1, -0.05) is 0 Å². The van der Waals surface area contributed by atoms with E-state index < -0.39 is 6.67 Å². The Hall–Kier alpha value is -0.970. The Bertz CT molecular complexity index is 246. The summed E-state index contributed by atoms with van der Waals surface area (Å²) in [5.41, 5.74) is 0. The number of hydrogen-bond donors (Lipinski definition) is 1. The zero-order valence-corrected chi connectivity index (χ0v) is 6.00. The minimum Gasteiger partial charge on any atom is -0.315 e. The van der Waals surface area contributed by atoms with Gasteiger partial charge in [0.25, 0.3) is 0 Å². The second-order valence-corrected chi connectivity index (χ2v) is 2.54. The van der Waals surface area contributed by atoms with Gasteiger partial charge in [0.15, 0.2) is 5.82 Å². The summed E-state index contributed by atoms with van der Waals surface area (Å²) in [6.45, 7) is 1.21. The first kappa shape index (κ1) is 6.72. The summed E-state index contributed by atoms with van der Waals surface area (Å²) in [7, 11) is 0. The molecule has 60 valence electrons. The smallest absolute Gasteiger partial charge is 0.152 e. The Balaban J connectivity index is 2.32. The SMILES string of the molecule is FCC1NCCn2cnnc21. The van der Waals surface area contributed by atoms with E-state index in [1.807, 2.05) is 4.57 Å². The van der Waals surface area contributed by atoms with Crippen molar-refractivity contribution < 1.29 is 4.39 Å². The molecule has 0 saturated heterocycles. The Morgan fingerprint density at radius 2 is 2.73 bits per heavy atom. The molecule has 1 aromatic rings. The average molecular weight is 156 g/mol. The Kier molecular flexibility index (Phi) is 1.58. The lowest BCUT2D eigenvalue weighted by molar-refractivity contribution is 0.330. The van der Waals surface area contributed by atoms with Crippen molar-refractivity contribution in [2.75, 3.05) is 13.2 Å². The van der Waals surface area contributed by atoms with Gasteiger partial charge in [0, 0.05) is 13.1 Å². The number of alkyl halides is 1. The molecule has 0 aromatic carbocycles. The van der Waals surface area contributed by atoms with E-state index in [2.05, 4.69) is 15.5 Å². The zero-order chi connectivity index (χ0) is 7.68. The maximum absolute atomic E-state index is 12.3. The monoisotopic (exact) mass is 156 g/mol. The van der Waals surface area contributed by atoms with Gasteiger partial charge >= 0.3 is 0 Å². The van der Waals surface area contributed by atoms with Crippen LogP contribution in [0.4, 0.5) is 4.39 Å². The van der Waals surface area contributed by atoms with Crippen LogP contribution in [-0.4, -0.2) is 28.0 Å². The molecule has 5 heteroatoms. The van der Waals surface area contributed by atoms with Crippen LogP contribution in [0.5, 0.6) is 0 Å². The zero-order valence-electron chi connectivity index (χ0n) is 6.00. The van der Waals surface area contributed by atoms with Crippen LogP contribution in [0.25, 0.3) is 0 Å². The first-order valence-electron chi connectivity index (χ1n) is 3.59. The van der Waals surface area contributed by atoms with Crippen LogP contribution < -0.4 is 5.32 Å². The molecule has 0 saturated carbocycles. The lowest BCUT2D eigenvalue weighted by Crippen LogP contribution is -2.34. The van der Waals surface area contributed by atoms with E-state index in [9.17, 15) is 4.39 Å². The van der Waals surface area contributed by atoms with E-state index in [0.29, 0.717) is 5.82 Å². The van der Waals surface area contributed by atoms with Crippen molar-refractivity contribution in [3.05, 3.63) is 12.2 Å². The predicted molar refractivity (Wildman–Crippen MR) is 36.7 cm³/mol. The molecule has 1 aliphatic rings. The maximum Gasteiger partial charge on any atom is 0.152 e. The third kappa shape index (κ3) is 1.01. The third-order valence-electron chi connectivity index (χ3n) is 1.85. The molecule has 4 nitrogen and oxygen atoms in total. The maximum atomic E-state index is 12.3. The van der Waals surface area contributed by atoms with Crippen molar-refractivity contribution in [1.29, 1.82) is 0 Å². The van der Waals surface area contributed by atoms with Gasteiger partial charge in [-0.25, -0.2) is 4.39 Å². The van der Waals surface area contributed by atoms with Crippen LogP contribution in [0, 0.1) is 0 Å². The van der Waals surface area contributed by atoms with E-state index in [1.54, 1.807) is 6.33 Å². The summed E-state index contributed by atoms with van der Waals surface area (Å²) >= 11 is 0. The van der Waals surface area contributed by atoms with Crippen LogP contribution >= 0.6 is 0 Å². The summed E-state index contributed by atoms with van der Waals surface area (Å²) in [4.78, 5) is 0. The van der Waals surface area contributed by atoms with Crippen molar-refractivity contribution in [3.63, 3.8) is 0 Å². The normalized spacial score (nSPS) is 23.2. The van der Waals surface area contributed by atoms with E-state index in [4.69, 9.17) is 0 Å². The van der Waals surface area contributed by atoms with Gasteiger partial charge in [-0.15, -0.1) is 10.2 Å². The minimum atomic E-state index is -0.418. The topological polar surface area (TPSA) is 42.7 Å². The molecule has 0 amide bonds. The second kappa shape index (κ2) is 2.58. The molecule has 1 aliphatic heterocycles. The van der Waals surface area contributed by atoms with Gasteiger partial charge in [-0.2, -0.15) is 0 Å². The molecule has 0 fully saturated rings. The lowest BCUT2D eigenvalue weighted by Gasteiger charge is -2.21. The molecule has 1 aromatic heterocycles. The second-order valence-electron chi connectivity index (χ2n) is 2.54. The van der Waals surface area contributed by atoms with Crippen molar-refractivity contribution >= 4 is 0 Å². The average Bonchev–Trinajstić information content (AvgIpc) is 2.50. The number of rotatable bonds is 1. The van der Waals surface area contributed by atoms with Crippen LogP contribution in [-0.2, 0) is 6.54 Å². The van der Waals surface area contributed by atoms with Crippen LogP contribution in [0.3, 0.4) is 0 Å². The van der Waals surface area contributed by atoms with Gasteiger partial charge < -0.3 is 9.88 Å². The highest BCUT2D eigenvalue weighted by molar-refractivity contribution is 4.98. The van der Waals surface area contributed by atoms with E-state index >= 15 is 0 Å². The third-order valence-corrected chi connectivity index (χ3v) is 1.85. The van der Waals surface area contributed by atoms with Crippen molar-refractivity contribution in [3.8, 4) is 0 Å².